The van der Waals surface area contributed by atoms with Gasteiger partial charge in [-0.25, -0.2) is 18.4 Å². The maximum Gasteiger partial charge on any atom is 0.293 e. The van der Waals surface area contributed by atoms with Gasteiger partial charge >= 0.3 is 0 Å². The molecule has 62 heavy (non-hydrogen) atoms. The van der Waals surface area contributed by atoms with E-state index in [4.69, 9.17) is 16.3 Å². The topological polar surface area (TPSA) is 146 Å². The molecule has 320 valence electrons. The largest absolute Gasteiger partial charge is 0.376 e. The van der Waals surface area contributed by atoms with E-state index in [1.165, 1.54) is 29.6 Å². The molecule has 0 saturated carbocycles. The highest BCUT2D eigenvalue weighted by molar-refractivity contribution is 7.99. The van der Waals surface area contributed by atoms with E-state index in [0.717, 1.165) is 87.5 Å². The van der Waals surface area contributed by atoms with Gasteiger partial charge in [0.1, 0.15) is 12.0 Å². The second-order valence-electron chi connectivity index (χ2n) is 16.0. The number of halogens is 1. The molecular formula is C46H47ClN8O5S2. The fraction of sp³-hybridized carbons (Fsp3) is 0.304. The number of nitro benzene ring substituents is 1. The fourth-order valence-corrected chi connectivity index (χ4v) is 10.8. The molecule has 2 bridgehead atoms. The van der Waals surface area contributed by atoms with Crippen LogP contribution in [0.5, 0.6) is 0 Å². The first kappa shape index (κ1) is 42.0. The molecule has 1 aromatic heterocycles. The number of nitrogens with zero attached hydrogens (tertiary/aromatic N) is 6. The Labute approximate surface area is 370 Å². The van der Waals surface area contributed by atoms with Crippen LogP contribution in [0.15, 0.2) is 131 Å². The summed E-state index contributed by atoms with van der Waals surface area (Å²) in [5, 5.41) is 17.1. The van der Waals surface area contributed by atoms with Gasteiger partial charge in [0.2, 0.25) is 0 Å². The van der Waals surface area contributed by atoms with Crippen LogP contribution in [0.1, 0.15) is 18.4 Å². The summed E-state index contributed by atoms with van der Waals surface area (Å²) in [6.07, 6.45) is 3.40. The number of hydrogen-bond acceptors (Lipinski definition) is 12. The smallest absolute Gasteiger partial charge is 0.293 e. The Kier molecular flexibility index (Phi) is 12.6. The van der Waals surface area contributed by atoms with Crippen molar-refractivity contribution >= 4 is 67.2 Å². The van der Waals surface area contributed by atoms with Crippen LogP contribution in [0.25, 0.3) is 22.0 Å². The third-order valence-electron chi connectivity index (χ3n) is 12.0. The van der Waals surface area contributed by atoms with Crippen LogP contribution in [0.3, 0.4) is 0 Å². The van der Waals surface area contributed by atoms with Crippen molar-refractivity contribution in [3.05, 3.63) is 142 Å². The Morgan fingerprint density at radius 3 is 2.47 bits per heavy atom. The first-order chi connectivity index (χ1) is 30.1. The number of nitrogens with one attached hydrogen (secondary N) is 2. The predicted molar refractivity (Wildman–Crippen MR) is 247 cm³/mol. The van der Waals surface area contributed by atoms with Gasteiger partial charge in [0.25, 0.3) is 15.7 Å². The number of ether oxygens (including phenoxy) is 1. The number of likely N-dealkylation sites (tertiary alicyclic amines) is 1. The minimum Gasteiger partial charge on any atom is -0.376 e. The van der Waals surface area contributed by atoms with E-state index >= 15 is 0 Å². The first-order valence-electron chi connectivity index (χ1n) is 20.8. The number of benzene rings is 5. The number of sulfonamides is 1. The fourth-order valence-electron chi connectivity index (χ4n) is 8.64. The molecule has 13 nitrogen and oxygen atoms in total. The van der Waals surface area contributed by atoms with Crippen LogP contribution in [-0.4, -0.2) is 103 Å². The lowest BCUT2D eigenvalue weighted by atomic mass is 9.99. The number of piperazine rings is 1. The second-order valence-corrected chi connectivity index (χ2v) is 19.2. The van der Waals surface area contributed by atoms with E-state index in [9.17, 15) is 18.5 Å². The third kappa shape index (κ3) is 9.68. The van der Waals surface area contributed by atoms with E-state index in [0.29, 0.717) is 27.7 Å². The van der Waals surface area contributed by atoms with Crippen molar-refractivity contribution in [1.82, 2.24) is 19.8 Å². The highest BCUT2D eigenvalue weighted by atomic mass is 35.5. The van der Waals surface area contributed by atoms with Crippen LogP contribution in [-0.2, 0) is 21.3 Å². The summed E-state index contributed by atoms with van der Waals surface area (Å²) in [6.45, 7) is 6.64. The van der Waals surface area contributed by atoms with Crippen molar-refractivity contribution in [3.8, 4) is 11.1 Å². The summed E-state index contributed by atoms with van der Waals surface area (Å²) < 4.78 is 36.1. The summed E-state index contributed by atoms with van der Waals surface area (Å²) >= 11 is 7.83. The lowest BCUT2D eigenvalue weighted by Gasteiger charge is -2.36. The molecule has 9 rings (SSSR count). The molecule has 4 heterocycles. The number of rotatable bonds is 16. The van der Waals surface area contributed by atoms with Crippen molar-refractivity contribution < 1.29 is 18.1 Å². The molecule has 2 N–H and O–H groups in total. The van der Waals surface area contributed by atoms with Crippen LogP contribution in [0, 0.1) is 10.1 Å². The Morgan fingerprint density at radius 1 is 0.919 bits per heavy atom. The van der Waals surface area contributed by atoms with Crippen molar-refractivity contribution in [2.75, 3.05) is 66.6 Å². The van der Waals surface area contributed by atoms with Gasteiger partial charge in [-0.15, -0.1) is 11.8 Å². The molecule has 16 heteroatoms. The lowest BCUT2D eigenvalue weighted by molar-refractivity contribution is -0.384. The minimum absolute atomic E-state index is 0.0922. The van der Waals surface area contributed by atoms with Gasteiger partial charge in [0.05, 0.1) is 28.0 Å². The second kappa shape index (κ2) is 18.6. The summed E-state index contributed by atoms with van der Waals surface area (Å²) in [6, 6.07) is 36.4. The Morgan fingerprint density at radius 2 is 1.71 bits per heavy atom. The lowest BCUT2D eigenvalue weighted by Crippen LogP contribution is -2.46. The van der Waals surface area contributed by atoms with E-state index in [2.05, 4.69) is 71.1 Å². The molecule has 3 fully saturated rings. The van der Waals surface area contributed by atoms with Gasteiger partial charge in [0, 0.05) is 90.7 Å². The van der Waals surface area contributed by atoms with E-state index in [1.54, 1.807) is 11.8 Å². The molecular weight excluding hydrogens is 844 g/mol. The zero-order valence-corrected chi connectivity index (χ0v) is 36.4. The molecule has 6 aromatic rings. The molecule has 0 aliphatic carbocycles. The number of aromatic nitrogens is 2. The normalized spacial score (nSPS) is 18.6. The summed E-state index contributed by atoms with van der Waals surface area (Å²) in [5.41, 5.74) is 5.10. The summed E-state index contributed by atoms with van der Waals surface area (Å²) in [4.78, 5) is 28.8. The Hall–Kier alpha value is -5.29. The molecule has 1 unspecified atom stereocenters. The average molecular weight is 892 g/mol. The van der Waals surface area contributed by atoms with E-state index < -0.39 is 14.9 Å². The SMILES string of the molecule is O=[N+]([O-])c1cc(S(=O)(=O)Nc2ncnc3cc(N4CCN(Cc5ccccc5-c5ccc(Cl)cc5)CC4)ccc23)ccc1NC(CCN1C[C@H]2C[C@H]1CO2)CSc1ccccc1. The molecule has 3 aliphatic heterocycles. The van der Waals surface area contributed by atoms with E-state index in [-0.39, 0.29) is 34.2 Å². The van der Waals surface area contributed by atoms with Crippen LogP contribution >= 0.6 is 23.4 Å². The van der Waals surface area contributed by atoms with Crippen molar-refractivity contribution in [2.24, 2.45) is 0 Å². The van der Waals surface area contributed by atoms with Crippen LogP contribution in [0.4, 0.5) is 22.9 Å². The molecule has 3 atom stereocenters. The maximum atomic E-state index is 13.9. The number of morpholine rings is 1. The number of anilines is 3. The Balaban J connectivity index is 0.865. The van der Waals surface area contributed by atoms with Crippen LogP contribution in [0.2, 0.25) is 5.02 Å². The first-order valence-corrected chi connectivity index (χ1v) is 23.7. The molecule has 3 saturated heterocycles. The zero-order valence-electron chi connectivity index (χ0n) is 34.0. The number of thioether (sulfide) groups is 1. The van der Waals surface area contributed by atoms with E-state index in [1.807, 2.05) is 60.7 Å². The highest BCUT2D eigenvalue weighted by Crippen LogP contribution is 2.34. The monoisotopic (exact) mass is 890 g/mol. The molecule has 0 radical (unpaired) electrons. The average Bonchev–Trinajstić information content (AvgIpc) is 3.92. The van der Waals surface area contributed by atoms with Gasteiger partial charge in [-0.05, 0) is 84.1 Å². The quantitative estimate of drug-likeness (QED) is 0.0547. The maximum absolute atomic E-state index is 13.9. The highest BCUT2D eigenvalue weighted by Gasteiger charge is 2.38. The molecule has 0 amide bonds. The molecule has 5 aromatic carbocycles. The number of fused-ring (bicyclic) bond motifs is 3. The van der Waals surface area contributed by atoms with Gasteiger partial charge in [-0.1, -0.05) is 66.2 Å². The predicted octanol–water partition coefficient (Wildman–Crippen LogP) is 8.42. The molecule has 3 aliphatic rings. The van der Waals surface area contributed by atoms with Crippen molar-refractivity contribution in [2.45, 2.75) is 47.4 Å². The van der Waals surface area contributed by atoms with Gasteiger partial charge in [-0.3, -0.25) is 24.6 Å². The molecule has 0 spiro atoms. The Bertz CT molecular complexity index is 2650. The number of hydrogen-bond donors (Lipinski definition) is 2. The minimum atomic E-state index is -4.28. The summed E-state index contributed by atoms with van der Waals surface area (Å²) in [7, 11) is -4.28. The van der Waals surface area contributed by atoms with Crippen LogP contribution < -0.4 is 14.9 Å². The van der Waals surface area contributed by atoms with Crippen molar-refractivity contribution in [1.29, 1.82) is 0 Å². The van der Waals surface area contributed by atoms with Gasteiger partial charge in [0.15, 0.2) is 5.82 Å². The third-order valence-corrected chi connectivity index (χ3v) is 14.7. The van der Waals surface area contributed by atoms with Gasteiger partial charge < -0.3 is 15.0 Å². The summed E-state index contributed by atoms with van der Waals surface area (Å²) in [5.74, 6) is 0.760. The standard InChI is InChI=1S/C46H47ClN8O5S2/c47-34-12-10-32(11-13-34)41-9-5-4-6-33(41)27-52-20-22-53(23-21-52)36-14-16-42-44(25-36)48-31-49-46(42)51-62(58,59)40-15-17-43(45(26-40)55(56)57)50-35(30-61-39-7-2-1-3-8-39)18-19-54-28-38-24-37(54)29-60-38/h1-17,25-26,31,35,37-38,50H,18-24,27-30H2,(H,48,49,51)/t35?,37-,38+/m0/s1. The van der Waals surface area contributed by atoms with Gasteiger partial charge in [-0.2, -0.15) is 0 Å². The zero-order chi connectivity index (χ0) is 42.6. The number of nitro groups is 1. The van der Waals surface area contributed by atoms with Crippen molar-refractivity contribution in [3.63, 3.8) is 0 Å².